The van der Waals surface area contributed by atoms with E-state index in [1.54, 1.807) is 24.3 Å². The van der Waals surface area contributed by atoms with Gasteiger partial charge in [0, 0.05) is 4.47 Å². The lowest BCUT2D eigenvalue weighted by Crippen LogP contribution is -2.03. The van der Waals surface area contributed by atoms with Gasteiger partial charge in [-0.25, -0.2) is 0 Å². The summed E-state index contributed by atoms with van der Waals surface area (Å²) in [7, 11) is 1.44. The maximum atomic E-state index is 9.03. The van der Waals surface area contributed by atoms with Crippen molar-refractivity contribution in [2.75, 3.05) is 12.4 Å². The van der Waals surface area contributed by atoms with Crippen LogP contribution in [-0.2, 0) is 0 Å². The average Bonchev–Trinajstić information content (AvgIpc) is 2.46. The van der Waals surface area contributed by atoms with Gasteiger partial charge in [0.05, 0.1) is 22.3 Å². The van der Waals surface area contributed by atoms with Crippen LogP contribution in [0.2, 0.25) is 5.02 Å². The van der Waals surface area contributed by atoms with Crippen molar-refractivity contribution in [2.24, 2.45) is 0 Å². The van der Waals surface area contributed by atoms with Crippen molar-refractivity contribution in [3.63, 3.8) is 0 Å². The zero-order chi connectivity index (χ0) is 15.3. The Hall–Kier alpha value is -1.72. The molecule has 0 saturated carbocycles. The second-order valence-corrected chi connectivity index (χ2v) is 5.30. The van der Waals surface area contributed by atoms with Gasteiger partial charge in [-0.15, -0.1) is 0 Å². The Labute approximate surface area is 137 Å². The van der Waals surface area contributed by atoms with Crippen LogP contribution in [-0.4, -0.2) is 7.11 Å². The summed E-state index contributed by atoms with van der Waals surface area (Å²) in [5, 5.41) is 29.7. The van der Waals surface area contributed by atoms with Gasteiger partial charge in [-0.1, -0.05) is 11.6 Å². The van der Waals surface area contributed by atoms with Gasteiger partial charge in [0.15, 0.2) is 5.57 Å². The number of methoxy groups -OCH3 is 1. The number of benzene rings is 1. The minimum Gasteiger partial charge on any atom is -0.494 e. The molecule has 100 valence electrons. The molecule has 0 unspecified atom stereocenters. The van der Waals surface area contributed by atoms with Crippen LogP contribution >= 0.6 is 43.5 Å². The molecule has 0 heterocycles. The molecule has 1 rings (SSSR count). The fourth-order valence-corrected chi connectivity index (χ4v) is 2.59. The first kappa shape index (κ1) is 16.3. The van der Waals surface area contributed by atoms with Crippen LogP contribution in [0.25, 0.3) is 0 Å². The van der Waals surface area contributed by atoms with Crippen LogP contribution in [0.3, 0.4) is 0 Å². The highest BCUT2D eigenvalue weighted by Crippen LogP contribution is 2.43. The molecule has 1 N–H and O–H groups in total. The minimum absolute atomic E-state index is 0.188. The molecule has 0 atom stereocenters. The number of ether oxygens (including phenoxy) is 1. The molecule has 5 nitrogen and oxygen atoms in total. The molecule has 0 saturated heterocycles. The molecular formula is C12H5Br2ClN4O. The quantitative estimate of drug-likeness (QED) is 0.591. The maximum absolute atomic E-state index is 9.03. The van der Waals surface area contributed by atoms with Crippen molar-refractivity contribution in [2.45, 2.75) is 0 Å². The largest absolute Gasteiger partial charge is 0.494 e. The summed E-state index contributed by atoms with van der Waals surface area (Å²) in [5.74, 6) is 0.385. The maximum Gasteiger partial charge on any atom is 0.163 e. The number of nitrogens with one attached hydrogen (secondary N) is 1. The van der Waals surface area contributed by atoms with Crippen LogP contribution in [0.15, 0.2) is 26.3 Å². The van der Waals surface area contributed by atoms with Crippen molar-refractivity contribution in [1.82, 2.24) is 0 Å². The number of nitrogens with zero attached hydrogens (tertiary/aromatic N) is 3. The van der Waals surface area contributed by atoms with Gasteiger partial charge in [0.2, 0.25) is 0 Å². The zero-order valence-electron chi connectivity index (χ0n) is 9.96. The zero-order valence-corrected chi connectivity index (χ0v) is 13.9. The summed E-state index contributed by atoms with van der Waals surface area (Å²) in [4.78, 5) is 0. The fourth-order valence-electron chi connectivity index (χ4n) is 1.26. The molecule has 0 radical (unpaired) electrons. The van der Waals surface area contributed by atoms with E-state index in [1.165, 1.54) is 7.11 Å². The van der Waals surface area contributed by atoms with E-state index in [1.807, 2.05) is 0 Å². The first-order valence-corrected chi connectivity index (χ1v) is 6.89. The first-order chi connectivity index (χ1) is 9.49. The van der Waals surface area contributed by atoms with Gasteiger partial charge in [0.1, 0.15) is 29.7 Å². The number of hydrogen-bond donors (Lipinski definition) is 1. The van der Waals surface area contributed by atoms with E-state index in [0.29, 0.717) is 25.4 Å². The van der Waals surface area contributed by atoms with Crippen molar-refractivity contribution >= 4 is 49.1 Å². The van der Waals surface area contributed by atoms with Crippen molar-refractivity contribution < 1.29 is 4.74 Å². The van der Waals surface area contributed by atoms with E-state index in [-0.39, 0.29) is 11.3 Å². The van der Waals surface area contributed by atoms with Crippen LogP contribution in [0.4, 0.5) is 5.69 Å². The molecule has 0 aliphatic carbocycles. The highest BCUT2D eigenvalue weighted by atomic mass is 79.9. The predicted molar refractivity (Wildman–Crippen MR) is 80.9 cm³/mol. The van der Waals surface area contributed by atoms with Gasteiger partial charge in [0.25, 0.3) is 0 Å². The van der Waals surface area contributed by atoms with Crippen molar-refractivity contribution in [3.05, 3.63) is 31.3 Å². The molecule has 0 fully saturated rings. The van der Waals surface area contributed by atoms with E-state index in [0.717, 1.165) is 0 Å². The lowest BCUT2D eigenvalue weighted by Gasteiger charge is -2.14. The van der Waals surface area contributed by atoms with Gasteiger partial charge >= 0.3 is 0 Å². The third-order valence-electron chi connectivity index (χ3n) is 2.18. The van der Waals surface area contributed by atoms with Gasteiger partial charge < -0.3 is 10.1 Å². The SMILES string of the molecule is COc1cc(Br)c(Cl)c(Br)c1NC(C#N)=C(C#N)C#N. The third-order valence-corrected chi connectivity index (χ3v) is 4.45. The van der Waals surface area contributed by atoms with Gasteiger partial charge in [-0.3, -0.25) is 0 Å². The van der Waals surface area contributed by atoms with Crippen LogP contribution < -0.4 is 10.1 Å². The van der Waals surface area contributed by atoms with Crippen LogP contribution in [0.5, 0.6) is 5.75 Å². The highest BCUT2D eigenvalue weighted by Gasteiger charge is 2.17. The smallest absolute Gasteiger partial charge is 0.163 e. The van der Waals surface area contributed by atoms with Crippen molar-refractivity contribution in [3.8, 4) is 24.0 Å². The second kappa shape index (κ2) is 7.17. The summed E-state index contributed by atoms with van der Waals surface area (Å²) >= 11 is 12.6. The topological polar surface area (TPSA) is 92.6 Å². The lowest BCUT2D eigenvalue weighted by molar-refractivity contribution is 0.416. The number of allylic oxidation sites excluding steroid dienone is 2. The van der Waals surface area contributed by atoms with E-state index < -0.39 is 0 Å². The van der Waals surface area contributed by atoms with E-state index in [4.69, 9.17) is 32.1 Å². The van der Waals surface area contributed by atoms with Gasteiger partial charge in [-0.05, 0) is 37.9 Å². The summed E-state index contributed by atoms with van der Waals surface area (Å²) in [5.41, 5.74) is -0.173. The molecule has 0 amide bonds. The molecule has 1 aromatic rings. The third kappa shape index (κ3) is 3.23. The lowest BCUT2D eigenvalue weighted by atomic mass is 10.2. The fraction of sp³-hybridized carbons (Fsp3) is 0.0833. The predicted octanol–water partition coefficient (Wildman–Crippen LogP) is 4.11. The normalized spacial score (nSPS) is 8.85. The Bertz CT molecular complexity index is 694. The van der Waals surface area contributed by atoms with E-state index in [2.05, 4.69) is 37.2 Å². The van der Waals surface area contributed by atoms with E-state index >= 15 is 0 Å². The monoisotopic (exact) mass is 414 g/mol. The highest BCUT2D eigenvalue weighted by molar-refractivity contribution is 9.11. The molecule has 20 heavy (non-hydrogen) atoms. The Morgan fingerprint density at radius 2 is 1.85 bits per heavy atom. The molecular weight excluding hydrogens is 411 g/mol. The number of anilines is 1. The van der Waals surface area contributed by atoms with Crippen LogP contribution in [0, 0.1) is 34.0 Å². The first-order valence-electron chi connectivity index (χ1n) is 4.93. The molecule has 8 heteroatoms. The molecule has 1 aromatic carbocycles. The Kier molecular flexibility index (Phi) is 5.85. The molecule has 0 aliphatic heterocycles. The molecule has 0 aromatic heterocycles. The van der Waals surface area contributed by atoms with E-state index in [9.17, 15) is 0 Å². The molecule has 0 spiro atoms. The van der Waals surface area contributed by atoms with Crippen LogP contribution in [0.1, 0.15) is 0 Å². The standard InChI is InChI=1S/C12H5Br2ClN4O/c1-20-9-2-7(13)11(15)10(14)12(9)19-8(5-18)6(3-16)4-17/h2,19H,1H3. The van der Waals surface area contributed by atoms with Crippen molar-refractivity contribution in [1.29, 1.82) is 15.8 Å². The summed E-state index contributed by atoms with van der Waals surface area (Å²) in [6, 6.07) is 6.64. The number of hydrogen-bond acceptors (Lipinski definition) is 5. The summed E-state index contributed by atoms with van der Waals surface area (Å²) in [6.07, 6.45) is 0. The summed E-state index contributed by atoms with van der Waals surface area (Å²) < 4.78 is 6.21. The molecule has 0 aliphatic rings. The van der Waals surface area contributed by atoms with Gasteiger partial charge in [-0.2, -0.15) is 15.8 Å². The molecule has 0 bridgehead atoms. The average molecular weight is 416 g/mol. The number of rotatable bonds is 3. The minimum atomic E-state index is -0.333. The number of nitriles is 3. The second-order valence-electron chi connectivity index (χ2n) is 3.27. The number of halogens is 3. The Morgan fingerprint density at radius 1 is 1.25 bits per heavy atom. The Balaban J connectivity index is 3.48. The summed E-state index contributed by atoms with van der Waals surface area (Å²) in [6.45, 7) is 0. The Morgan fingerprint density at radius 3 is 2.30 bits per heavy atom.